The summed E-state index contributed by atoms with van der Waals surface area (Å²) in [5.41, 5.74) is 28.8. The third-order valence-electron chi connectivity index (χ3n) is 24.1. The van der Waals surface area contributed by atoms with Gasteiger partial charge in [-0.1, -0.05) is 383 Å². The minimum Gasteiger partial charge on any atom is -0.309 e. The van der Waals surface area contributed by atoms with Crippen molar-refractivity contribution in [2.75, 3.05) is 0 Å². The molecular weight excluding hydrogens is 1530 g/mol. The number of thiophene rings is 3. The van der Waals surface area contributed by atoms with Crippen LogP contribution in [0.5, 0.6) is 0 Å². The Morgan fingerprint density at radius 2 is 0.623 bits per heavy atom. The van der Waals surface area contributed by atoms with E-state index in [1.54, 1.807) is 0 Å². The Morgan fingerprint density at radius 3 is 1.31 bits per heavy atom. The molecule has 0 atom stereocenters. The summed E-state index contributed by atoms with van der Waals surface area (Å²) < 4.78 is 10.7. The predicted octanol–water partition coefficient (Wildman–Crippen LogP) is 34.7. The number of aromatic nitrogens is 1. The molecule has 0 saturated heterocycles. The van der Waals surface area contributed by atoms with E-state index < -0.39 is 0 Å². The molecule has 4 heteroatoms. The highest BCUT2D eigenvalue weighted by Crippen LogP contribution is 2.50. The van der Waals surface area contributed by atoms with Gasteiger partial charge in [0.05, 0.1) is 11.0 Å². The van der Waals surface area contributed by atoms with Gasteiger partial charge in [0.2, 0.25) is 0 Å². The van der Waals surface area contributed by atoms with Crippen molar-refractivity contribution >= 4 is 138 Å². The molecule has 24 rings (SSSR count). The van der Waals surface area contributed by atoms with Gasteiger partial charge in [0.15, 0.2) is 0 Å². The van der Waals surface area contributed by atoms with E-state index in [1.165, 1.54) is 210 Å². The maximum atomic E-state index is 2.34. The second-order valence-electron chi connectivity index (χ2n) is 33.6. The third-order valence-corrected chi connectivity index (χ3v) is 27.7. The molecule has 0 saturated carbocycles. The molecule has 2 aliphatic carbocycles. The Bertz CT molecular complexity index is 7510. The number of hydrogen-bond acceptors (Lipinski definition) is 3. The molecule has 596 valence electrons. The second-order valence-corrected chi connectivity index (χ2v) is 36.8. The van der Waals surface area contributed by atoms with Crippen LogP contribution in [-0.4, -0.2) is 4.57 Å². The highest BCUT2D eigenvalue weighted by Gasteiger charge is 2.36. The highest BCUT2D eigenvalue weighted by atomic mass is 32.1. The van der Waals surface area contributed by atoms with Crippen molar-refractivity contribution in [3.8, 4) is 39.1 Å². The van der Waals surface area contributed by atoms with E-state index in [4.69, 9.17) is 0 Å². The molecule has 122 heavy (non-hydrogen) atoms. The third kappa shape index (κ3) is 16.7. The molecule has 0 amide bonds. The van der Waals surface area contributed by atoms with Gasteiger partial charge in [-0.05, 0) is 216 Å². The summed E-state index contributed by atoms with van der Waals surface area (Å²) in [5.74, 6) is 0. The van der Waals surface area contributed by atoms with E-state index in [9.17, 15) is 0 Å². The van der Waals surface area contributed by atoms with Crippen LogP contribution in [0.4, 0.5) is 0 Å². The molecule has 18 aromatic carbocycles. The Labute approximate surface area is 730 Å². The van der Waals surface area contributed by atoms with Crippen LogP contribution in [0.2, 0.25) is 0 Å². The van der Waals surface area contributed by atoms with Crippen molar-refractivity contribution < 1.29 is 0 Å². The number of para-hydroxylation sites is 2. The van der Waals surface area contributed by atoms with Crippen molar-refractivity contribution in [3.63, 3.8) is 0 Å². The van der Waals surface area contributed by atoms with Crippen LogP contribution in [0.25, 0.3) is 143 Å². The molecular formula is C118H101NS3. The summed E-state index contributed by atoms with van der Waals surface area (Å²) in [5, 5.41) is 16.4. The molecule has 4 heterocycles. The number of hydrogen-bond donors (Lipinski definition) is 0. The Balaban J connectivity index is 0.0000000994. The van der Waals surface area contributed by atoms with Gasteiger partial charge in [-0.3, -0.25) is 0 Å². The summed E-state index contributed by atoms with van der Waals surface area (Å²) >= 11 is 5.63. The van der Waals surface area contributed by atoms with Gasteiger partial charge in [-0.25, -0.2) is 0 Å². The standard InChI is InChI=1S/C19H15N.2C16H16.C15H12.3C13H10S.C13H12/c1-14-11-12-19-17(13-14)16-9-5-6-10-18(16)20(19)15-7-3-2-4-8-15;1-11-8-9-15-13(10-11)12-6-4-5-7-14(12)16(15,2)3;1-11-8-9-13-12-6-4-5-7-14(12)16(2,3)15(13)10-11;1-11-10-12-6-2-3-8-14(12)15-9-5-4-7-13(11)15;1-9-5-4-7-11-10-6-2-3-8-12(10)14-13(9)11;1-9-6-7-13-11(8-9)10-4-2-3-5-12(10)14-13;1-9-6-7-11-10-4-2-3-5-12(10)14-13(11)8-9;1-11-7-9-13(10-8-11)12-5-3-2-4-6-12/h2-13H,1H3;2*4-10H,1-3H3;2-10H,1H3;3*2-8H,1H3;2-10H,1H3. The maximum absolute atomic E-state index is 2.34. The first-order chi connectivity index (χ1) is 59.3. The van der Waals surface area contributed by atoms with E-state index in [0.29, 0.717) is 0 Å². The van der Waals surface area contributed by atoms with Gasteiger partial charge in [-0.15, -0.1) is 34.0 Å². The number of fused-ring (bicyclic) bond motifs is 21. The van der Waals surface area contributed by atoms with Crippen LogP contribution in [-0.2, 0) is 10.8 Å². The fourth-order valence-electron chi connectivity index (χ4n) is 17.8. The molecule has 2 aliphatic rings. The topological polar surface area (TPSA) is 4.93 Å². The lowest BCUT2D eigenvalue weighted by atomic mass is 9.82. The lowest BCUT2D eigenvalue weighted by Crippen LogP contribution is -2.14. The van der Waals surface area contributed by atoms with E-state index >= 15 is 0 Å². The van der Waals surface area contributed by atoms with Crippen molar-refractivity contribution in [3.05, 3.63) is 461 Å². The van der Waals surface area contributed by atoms with E-state index in [-0.39, 0.29) is 10.8 Å². The van der Waals surface area contributed by atoms with E-state index in [1.807, 2.05) is 40.1 Å². The zero-order chi connectivity index (χ0) is 84.2. The molecule has 0 spiro atoms. The van der Waals surface area contributed by atoms with Gasteiger partial charge in [0, 0.05) is 87.8 Å². The largest absolute Gasteiger partial charge is 0.309 e. The molecule has 4 aromatic heterocycles. The van der Waals surface area contributed by atoms with Crippen LogP contribution in [0.3, 0.4) is 0 Å². The van der Waals surface area contributed by atoms with Crippen LogP contribution < -0.4 is 0 Å². The Kier molecular flexibility index (Phi) is 23.5. The lowest BCUT2D eigenvalue weighted by Gasteiger charge is -2.21. The average molecular weight is 1630 g/mol. The van der Waals surface area contributed by atoms with Gasteiger partial charge in [0.1, 0.15) is 0 Å². The quantitative estimate of drug-likeness (QED) is 0.152. The zero-order valence-electron chi connectivity index (χ0n) is 71.7. The second kappa shape index (κ2) is 35.3. The molecule has 0 N–H and O–H groups in total. The van der Waals surface area contributed by atoms with Crippen molar-refractivity contribution in [1.29, 1.82) is 0 Å². The van der Waals surface area contributed by atoms with Crippen LogP contribution in [0.1, 0.15) is 94.5 Å². The molecule has 0 aliphatic heterocycles. The smallest absolute Gasteiger partial charge is 0.0541 e. The monoisotopic (exact) mass is 1630 g/mol. The molecule has 0 radical (unpaired) electrons. The fourth-order valence-corrected chi connectivity index (χ4v) is 21.2. The summed E-state index contributed by atoms with van der Waals surface area (Å²) in [7, 11) is 0. The van der Waals surface area contributed by atoms with Gasteiger partial charge >= 0.3 is 0 Å². The van der Waals surface area contributed by atoms with Crippen LogP contribution >= 0.6 is 34.0 Å². The van der Waals surface area contributed by atoms with Gasteiger partial charge < -0.3 is 4.57 Å². The minimum atomic E-state index is 0.151. The summed E-state index contributed by atoms with van der Waals surface area (Å²) in [6, 6.07) is 141. The number of aryl methyl sites for hydroxylation is 8. The van der Waals surface area contributed by atoms with Crippen LogP contribution in [0, 0.1) is 55.4 Å². The zero-order valence-corrected chi connectivity index (χ0v) is 74.1. The summed E-state index contributed by atoms with van der Waals surface area (Å²) in [6.45, 7) is 26.5. The van der Waals surface area contributed by atoms with E-state index in [2.05, 4.69) is 476 Å². The fraction of sp³-hybridized carbons (Fsp3) is 0.119. The molecule has 1 nitrogen and oxygen atoms in total. The Hall–Kier alpha value is -13.1. The summed E-state index contributed by atoms with van der Waals surface area (Å²) in [4.78, 5) is 0. The predicted molar refractivity (Wildman–Crippen MR) is 538 cm³/mol. The normalized spacial score (nSPS) is 12.2. The van der Waals surface area contributed by atoms with Crippen molar-refractivity contribution in [1.82, 2.24) is 4.57 Å². The van der Waals surface area contributed by atoms with Crippen LogP contribution in [0.15, 0.2) is 394 Å². The number of nitrogens with zero attached hydrogens (tertiary/aromatic N) is 1. The van der Waals surface area contributed by atoms with Crippen molar-refractivity contribution in [2.45, 2.75) is 93.9 Å². The minimum absolute atomic E-state index is 0.151. The highest BCUT2D eigenvalue weighted by molar-refractivity contribution is 7.26. The lowest BCUT2D eigenvalue weighted by molar-refractivity contribution is 0.660. The number of benzene rings is 18. The first-order valence-corrected chi connectivity index (χ1v) is 44.9. The van der Waals surface area contributed by atoms with E-state index in [0.717, 1.165) is 0 Å². The van der Waals surface area contributed by atoms with Gasteiger partial charge in [0.25, 0.3) is 0 Å². The average Bonchev–Trinajstić information content (AvgIpc) is 1.61. The molecule has 22 aromatic rings. The maximum Gasteiger partial charge on any atom is 0.0541 e. The molecule has 0 bridgehead atoms. The van der Waals surface area contributed by atoms with Crippen molar-refractivity contribution in [2.24, 2.45) is 0 Å². The first kappa shape index (κ1) is 81.3. The first-order valence-electron chi connectivity index (χ1n) is 42.4. The SMILES string of the molecule is Cc1cc2ccccc2c2ccccc12.Cc1ccc(-c2ccccc2)cc1.Cc1ccc2c(c1)-c1ccccc1C2(C)C.Cc1ccc2c(c1)C(C)(C)c1ccccc1-2.Cc1ccc2c(c1)c1ccccc1n2-c1ccccc1.Cc1ccc2c(c1)sc1ccccc12.Cc1ccc2sc3ccccc3c2c1.Cc1cccc2c1sc1ccccc12. The molecule has 0 unspecified atom stereocenters. The van der Waals surface area contributed by atoms with Gasteiger partial charge in [-0.2, -0.15) is 0 Å². The molecule has 0 fully saturated rings. The Morgan fingerprint density at radius 1 is 0.205 bits per heavy atom. The number of rotatable bonds is 2. The summed E-state index contributed by atoms with van der Waals surface area (Å²) in [6.07, 6.45) is 0.